The highest BCUT2D eigenvalue weighted by molar-refractivity contribution is 4.80. The van der Waals surface area contributed by atoms with Gasteiger partial charge in [0, 0.05) is 5.41 Å². The molecule has 2 N–H and O–H groups in total. The predicted molar refractivity (Wildman–Crippen MR) is 44.2 cm³/mol. The zero-order chi connectivity index (χ0) is 8.32. The fourth-order valence-corrected chi connectivity index (χ4v) is 1.57. The molecule has 0 amide bonds. The summed E-state index contributed by atoms with van der Waals surface area (Å²) in [6.07, 6.45) is 4.89. The zero-order valence-electron chi connectivity index (χ0n) is 7.21. The van der Waals surface area contributed by atoms with Crippen LogP contribution in [-0.4, -0.2) is 23.4 Å². The Morgan fingerprint density at radius 1 is 1.27 bits per heavy atom. The molecule has 0 heterocycles. The van der Waals surface area contributed by atoms with Crippen LogP contribution in [0.3, 0.4) is 0 Å². The van der Waals surface area contributed by atoms with Crippen molar-refractivity contribution in [2.75, 3.05) is 13.2 Å². The SMILES string of the molecule is CC(CO)(CO)CC1CCC1. The molecule has 11 heavy (non-hydrogen) atoms. The first-order valence-electron chi connectivity index (χ1n) is 4.42. The molecule has 0 saturated heterocycles. The summed E-state index contributed by atoms with van der Waals surface area (Å²) in [7, 11) is 0. The molecule has 0 aromatic heterocycles. The summed E-state index contributed by atoms with van der Waals surface area (Å²) in [5.41, 5.74) is -0.231. The van der Waals surface area contributed by atoms with Crippen LogP contribution in [0.1, 0.15) is 32.6 Å². The molecule has 1 rings (SSSR count). The van der Waals surface area contributed by atoms with E-state index in [4.69, 9.17) is 10.2 Å². The van der Waals surface area contributed by atoms with Crippen molar-refractivity contribution in [2.24, 2.45) is 11.3 Å². The van der Waals surface area contributed by atoms with Crippen LogP contribution >= 0.6 is 0 Å². The maximum absolute atomic E-state index is 8.99. The van der Waals surface area contributed by atoms with E-state index in [2.05, 4.69) is 0 Å². The third-order valence-corrected chi connectivity index (χ3v) is 2.77. The van der Waals surface area contributed by atoms with Crippen molar-refractivity contribution in [2.45, 2.75) is 32.6 Å². The highest BCUT2D eigenvalue weighted by atomic mass is 16.3. The minimum atomic E-state index is -0.231. The Hall–Kier alpha value is -0.0800. The van der Waals surface area contributed by atoms with Crippen LogP contribution in [-0.2, 0) is 0 Å². The fraction of sp³-hybridized carbons (Fsp3) is 1.00. The molecule has 2 nitrogen and oxygen atoms in total. The molecule has 0 radical (unpaired) electrons. The first kappa shape index (κ1) is 9.01. The molecule has 0 unspecified atom stereocenters. The van der Waals surface area contributed by atoms with Crippen molar-refractivity contribution >= 4 is 0 Å². The summed E-state index contributed by atoms with van der Waals surface area (Å²) < 4.78 is 0. The summed E-state index contributed by atoms with van der Waals surface area (Å²) >= 11 is 0. The number of hydrogen-bond acceptors (Lipinski definition) is 2. The molecular formula is C9H18O2. The van der Waals surface area contributed by atoms with Gasteiger partial charge in [0.1, 0.15) is 0 Å². The van der Waals surface area contributed by atoms with Crippen LogP contribution in [0.15, 0.2) is 0 Å². The molecule has 0 bridgehead atoms. The second-order valence-electron chi connectivity index (χ2n) is 4.13. The zero-order valence-corrected chi connectivity index (χ0v) is 7.21. The summed E-state index contributed by atoms with van der Waals surface area (Å²) in [4.78, 5) is 0. The van der Waals surface area contributed by atoms with Crippen molar-refractivity contribution in [3.63, 3.8) is 0 Å². The molecular weight excluding hydrogens is 140 g/mol. The lowest BCUT2D eigenvalue weighted by atomic mass is 9.73. The molecule has 1 fully saturated rings. The first-order chi connectivity index (χ1) is 5.20. The fourth-order valence-electron chi connectivity index (χ4n) is 1.57. The molecule has 0 spiro atoms. The lowest BCUT2D eigenvalue weighted by molar-refractivity contribution is 0.0359. The highest BCUT2D eigenvalue weighted by Crippen LogP contribution is 2.36. The van der Waals surface area contributed by atoms with Gasteiger partial charge >= 0.3 is 0 Å². The Bertz CT molecular complexity index is 115. The third-order valence-electron chi connectivity index (χ3n) is 2.77. The van der Waals surface area contributed by atoms with Crippen molar-refractivity contribution in [3.05, 3.63) is 0 Å². The normalized spacial score (nSPS) is 19.9. The van der Waals surface area contributed by atoms with Gasteiger partial charge in [0.15, 0.2) is 0 Å². The maximum atomic E-state index is 8.99. The van der Waals surface area contributed by atoms with Crippen molar-refractivity contribution in [1.82, 2.24) is 0 Å². The van der Waals surface area contributed by atoms with E-state index < -0.39 is 0 Å². The number of rotatable bonds is 4. The number of hydrogen-bond donors (Lipinski definition) is 2. The molecule has 0 aromatic carbocycles. The average Bonchev–Trinajstić information content (AvgIpc) is 1.97. The first-order valence-corrected chi connectivity index (χ1v) is 4.42. The highest BCUT2D eigenvalue weighted by Gasteiger charge is 2.29. The standard InChI is InChI=1S/C9H18O2/c1-9(6-10,7-11)5-8-3-2-4-8/h8,10-11H,2-7H2,1H3. The number of aliphatic hydroxyl groups excluding tert-OH is 2. The Morgan fingerprint density at radius 2 is 1.82 bits per heavy atom. The van der Waals surface area contributed by atoms with Gasteiger partial charge in [0.05, 0.1) is 13.2 Å². The molecule has 1 aliphatic rings. The van der Waals surface area contributed by atoms with E-state index in [1.807, 2.05) is 6.92 Å². The average molecular weight is 158 g/mol. The molecule has 0 aliphatic heterocycles. The van der Waals surface area contributed by atoms with E-state index in [9.17, 15) is 0 Å². The van der Waals surface area contributed by atoms with Gasteiger partial charge in [-0.1, -0.05) is 26.2 Å². The van der Waals surface area contributed by atoms with E-state index in [0.717, 1.165) is 12.3 Å². The molecule has 0 aromatic rings. The summed E-state index contributed by atoms with van der Waals surface area (Å²) in [5.74, 6) is 0.763. The van der Waals surface area contributed by atoms with Crippen LogP contribution in [0.2, 0.25) is 0 Å². The van der Waals surface area contributed by atoms with Gasteiger partial charge in [0.2, 0.25) is 0 Å². The van der Waals surface area contributed by atoms with Gasteiger partial charge in [-0.3, -0.25) is 0 Å². The minimum absolute atomic E-state index is 0.111. The van der Waals surface area contributed by atoms with Gasteiger partial charge in [-0.15, -0.1) is 0 Å². The molecule has 2 heteroatoms. The van der Waals surface area contributed by atoms with Gasteiger partial charge in [-0.05, 0) is 12.3 Å². The van der Waals surface area contributed by atoms with Gasteiger partial charge in [0.25, 0.3) is 0 Å². The Labute approximate surface area is 68.2 Å². The third kappa shape index (κ3) is 2.17. The van der Waals surface area contributed by atoms with Crippen molar-refractivity contribution in [1.29, 1.82) is 0 Å². The van der Waals surface area contributed by atoms with Crippen LogP contribution < -0.4 is 0 Å². The second-order valence-corrected chi connectivity index (χ2v) is 4.13. The maximum Gasteiger partial charge on any atom is 0.0506 e. The summed E-state index contributed by atoms with van der Waals surface area (Å²) in [6.45, 7) is 2.17. The Morgan fingerprint density at radius 3 is 2.09 bits per heavy atom. The molecule has 1 saturated carbocycles. The van der Waals surface area contributed by atoms with Crippen LogP contribution in [0.25, 0.3) is 0 Å². The lowest BCUT2D eigenvalue weighted by Gasteiger charge is -2.34. The summed E-state index contributed by atoms with van der Waals surface area (Å²) in [6, 6.07) is 0. The smallest absolute Gasteiger partial charge is 0.0506 e. The quantitative estimate of drug-likeness (QED) is 0.644. The van der Waals surface area contributed by atoms with Crippen molar-refractivity contribution < 1.29 is 10.2 Å². The summed E-state index contributed by atoms with van der Waals surface area (Å²) in [5, 5.41) is 18.0. The van der Waals surface area contributed by atoms with E-state index in [-0.39, 0.29) is 18.6 Å². The molecule has 66 valence electrons. The monoisotopic (exact) mass is 158 g/mol. The lowest BCUT2D eigenvalue weighted by Crippen LogP contribution is -2.31. The van der Waals surface area contributed by atoms with Crippen LogP contribution in [0.5, 0.6) is 0 Å². The topological polar surface area (TPSA) is 40.5 Å². The largest absolute Gasteiger partial charge is 0.396 e. The van der Waals surface area contributed by atoms with Gasteiger partial charge < -0.3 is 10.2 Å². The predicted octanol–water partition coefficient (Wildman–Crippen LogP) is 1.17. The van der Waals surface area contributed by atoms with Gasteiger partial charge in [-0.25, -0.2) is 0 Å². The molecule has 0 atom stereocenters. The van der Waals surface area contributed by atoms with E-state index in [1.54, 1.807) is 0 Å². The van der Waals surface area contributed by atoms with Crippen LogP contribution in [0.4, 0.5) is 0 Å². The van der Waals surface area contributed by atoms with Crippen LogP contribution in [0, 0.1) is 11.3 Å². The number of aliphatic hydroxyl groups is 2. The van der Waals surface area contributed by atoms with E-state index in [0.29, 0.717) is 0 Å². The molecule has 1 aliphatic carbocycles. The Kier molecular flexibility index (Phi) is 2.90. The second kappa shape index (κ2) is 3.55. The Balaban J connectivity index is 2.29. The minimum Gasteiger partial charge on any atom is -0.396 e. The van der Waals surface area contributed by atoms with E-state index >= 15 is 0 Å². The van der Waals surface area contributed by atoms with Crippen molar-refractivity contribution in [3.8, 4) is 0 Å². The van der Waals surface area contributed by atoms with Gasteiger partial charge in [-0.2, -0.15) is 0 Å². The van der Waals surface area contributed by atoms with E-state index in [1.165, 1.54) is 19.3 Å².